The van der Waals surface area contributed by atoms with E-state index in [-0.39, 0.29) is 17.9 Å². The Morgan fingerprint density at radius 3 is 2.79 bits per heavy atom. The maximum atomic E-state index is 11.9. The van der Waals surface area contributed by atoms with Crippen LogP contribution in [0.15, 0.2) is 53.7 Å². The molecule has 3 aromatic heterocycles. The third kappa shape index (κ3) is 5.67. The molecule has 0 saturated carbocycles. The van der Waals surface area contributed by atoms with Gasteiger partial charge >= 0.3 is 0 Å². The lowest BCUT2D eigenvalue weighted by Crippen LogP contribution is -2.18. The van der Waals surface area contributed by atoms with Gasteiger partial charge < -0.3 is 35.0 Å². The van der Waals surface area contributed by atoms with Crippen LogP contribution in [-0.4, -0.2) is 48.2 Å². The number of benzene rings is 1. The average molecular weight is 453 g/mol. The van der Waals surface area contributed by atoms with Gasteiger partial charge in [0.1, 0.15) is 30.0 Å². The molecule has 1 aliphatic heterocycles. The molecular weight excluding hydrogens is 426 g/mol. The van der Waals surface area contributed by atoms with E-state index < -0.39 is 5.79 Å². The molecule has 0 aliphatic carbocycles. The highest BCUT2D eigenvalue weighted by molar-refractivity contribution is 5.81. The van der Waals surface area contributed by atoms with E-state index in [9.17, 15) is 4.79 Å². The Morgan fingerprint density at radius 2 is 2.00 bits per heavy atom. The molecule has 33 heavy (non-hydrogen) atoms. The Bertz CT molecular complexity index is 1300. The molecule has 4 aromatic rings. The number of nitrogens with zero attached hydrogens (tertiary/aromatic N) is 3. The molecule has 0 radical (unpaired) electrons. The molecule has 1 fully saturated rings. The molecule has 174 valence electrons. The second-order valence-electron chi connectivity index (χ2n) is 8.38. The summed E-state index contributed by atoms with van der Waals surface area (Å²) in [5.74, 6) is -0.282. The molecule has 5 rings (SSSR count). The molecule has 0 amide bonds. The fraction of sp³-hybridized carbons (Fsp3) is 0.348. The zero-order chi connectivity index (χ0) is 23.6. The molecule has 10 nitrogen and oxygen atoms in total. The van der Waals surface area contributed by atoms with Gasteiger partial charge in [0.05, 0.1) is 23.3 Å². The van der Waals surface area contributed by atoms with Gasteiger partial charge in [0, 0.05) is 17.6 Å². The topological polar surface area (TPSA) is 149 Å². The smallest absolute Gasteiger partial charge is 0.260 e. The van der Waals surface area contributed by atoms with Gasteiger partial charge in [0.25, 0.3) is 5.56 Å². The fourth-order valence-corrected chi connectivity index (χ4v) is 3.62. The first kappa shape index (κ1) is 22.7. The number of fused-ring (bicyclic) bond motifs is 2. The molecule has 5 N–H and O–H groups in total. The van der Waals surface area contributed by atoms with Gasteiger partial charge in [-0.3, -0.25) is 4.79 Å². The fourth-order valence-electron chi connectivity index (χ4n) is 3.62. The highest BCUT2D eigenvalue weighted by atomic mass is 16.6. The maximum Gasteiger partial charge on any atom is 0.260 e. The maximum absolute atomic E-state index is 11.9. The summed E-state index contributed by atoms with van der Waals surface area (Å²) in [4.78, 5) is 23.1. The van der Waals surface area contributed by atoms with Gasteiger partial charge in [-0.1, -0.05) is 0 Å². The van der Waals surface area contributed by atoms with Gasteiger partial charge in [-0.15, -0.1) is 0 Å². The van der Waals surface area contributed by atoms with Crippen LogP contribution in [0.1, 0.15) is 32.9 Å². The second kappa shape index (κ2) is 9.18. The minimum absolute atomic E-state index is 0.0334. The Labute approximate surface area is 189 Å². The Morgan fingerprint density at radius 1 is 1.24 bits per heavy atom. The summed E-state index contributed by atoms with van der Waals surface area (Å²) in [6.45, 7) is 3.04. The number of aliphatic hydroxyl groups is 2. The van der Waals surface area contributed by atoms with Gasteiger partial charge in [0.15, 0.2) is 5.79 Å². The van der Waals surface area contributed by atoms with Crippen LogP contribution in [0, 0.1) is 0 Å². The molecule has 0 bridgehead atoms. The number of hydrogen-bond donors (Lipinski definition) is 4. The lowest BCUT2D eigenvalue weighted by atomic mass is 10.2. The van der Waals surface area contributed by atoms with Crippen LogP contribution in [0.3, 0.4) is 0 Å². The summed E-state index contributed by atoms with van der Waals surface area (Å²) < 4.78 is 14.0. The van der Waals surface area contributed by atoms with Gasteiger partial charge in [0.2, 0.25) is 0 Å². The number of anilines is 1. The predicted molar refractivity (Wildman–Crippen MR) is 124 cm³/mol. The van der Waals surface area contributed by atoms with Crippen molar-refractivity contribution >= 4 is 27.8 Å². The second-order valence-corrected chi connectivity index (χ2v) is 8.38. The summed E-state index contributed by atoms with van der Waals surface area (Å²) in [5.41, 5.74) is 7.05. The zero-order valence-electron chi connectivity index (χ0n) is 18.4. The molecular formula is C23H27N5O5. The molecule has 1 aliphatic rings. The number of nitrogens with two attached hydrogens (primary N) is 1. The van der Waals surface area contributed by atoms with E-state index in [4.69, 9.17) is 25.4 Å². The van der Waals surface area contributed by atoms with Crippen LogP contribution in [0.2, 0.25) is 0 Å². The van der Waals surface area contributed by atoms with Crippen LogP contribution in [0.25, 0.3) is 21.9 Å². The predicted octanol–water partition coefficient (Wildman–Crippen LogP) is 2.32. The highest BCUT2D eigenvalue weighted by Crippen LogP contribution is 2.31. The van der Waals surface area contributed by atoms with E-state index in [1.165, 1.54) is 20.2 Å². The van der Waals surface area contributed by atoms with E-state index in [1.54, 1.807) is 12.1 Å². The number of nitrogen functional groups attached to an aromatic ring is 1. The van der Waals surface area contributed by atoms with Crippen LogP contribution in [0.4, 0.5) is 5.82 Å². The SMILES string of the molecule is CC(C)(O)O.Nc1ccc2ccc(OCC3CCC(n4ccc5c(=O)[nH]cnc54)O3)cc2n1. The summed E-state index contributed by atoms with van der Waals surface area (Å²) in [7, 11) is 0. The normalized spacial score (nSPS) is 18.3. The van der Waals surface area contributed by atoms with Gasteiger partial charge in [-0.2, -0.15) is 0 Å². The van der Waals surface area contributed by atoms with E-state index >= 15 is 0 Å². The minimum Gasteiger partial charge on any atom is -0.491 e. The van der Waals surface area contributed by atoms with E-state index in [0.717, 1.165) is 29.5 Å². The van der Waals surface area contributed by atoms with Crippen molar-refractivity contribution in [1.82, 2.24) is 19.5 Å². The number of aromatic nitrogens is 4. The Kier molecular flexibility index (Phi) is 6.32. The molecule has 1 aromatic carbocycles. The summed E-state index contributed by atoms with van der Waals surface area (Å²) in [6, 6.07) is 11.2. The quantitative estimate of drug-likeness (QED) is 0.344. The van der Waals surface area contributed by atoms with Gasteiger partial charge in [-0.25, -0.2) is 9.97 Å². The first-order chi connectivity index (χ1) is 15.7. The van der Waals surface area contributed by atoms with Crippen molar-refractivity contribution in [3.63, 3.8) is 0 Å². The molecule has 0 spiro atoms. The number of H-pyrrole nitrogens is 1. The monoisotopic (exact) mass is 453 g/mol. The Hall–Kier alpha value is -3.47. The number of pyridine rings is 1. The number of ether oxygens (including phenoxy) is 2. The first-order valence-corrected chi connectivity index (χ1v) is 10.6. The summed E-state index contributed by atoms with van der Waals surface area (Å²) in [6.07, 6.45) is 4.78. The molecule has 2 unspecified atom stereocenters. The third-order valence-electron chi connectivity index (χ3n) is 5.03. The molecule has 10 heteroatoms. The van der Waals surface area contributed by atoms with Crippen molar-refractivity contribution in [2.45, 2.75) is 44.8 Å². The zero-order valence-corrected chi connectivity index (χ0v) is 18.4. The average Bonchev–Trinajstić information content (AvgIpc) is 3.38. The standard InChI is InChI=1S/C20H19N5O3.C3H8O2/c21-17-5-2-12-1-3-13(9-16(12)24-17)27-10-14-4-6-18(28-14)25-8-7-15-19(25)22-11-23-20(15)26;1-3(2,4)5/h1-3,5,7-9,11,14,18H,4,6,10H2,(H2,21,24)(H,22,23,26);4-5H,1-2H3. The van der Waals surface area contributed by atoms with Crippen LogP contribution in [0.5, 0.6) is 5.75 Å². The van der Waals surface area contributed by atoms with Crippen molar-refractivity contribution in [3.8, 4) is 5.75 Å². The van der Waals surface area contributed by atoms with E-state index in [1.807, 2.05) is 35.0 Å². The van der Waals surface area contributed by atoms with Gasteiger partial charge in [-0.05, 0) is 57.0 Å². The number of rotatable bonds is 4. The van der Waals surface area contributed by atoms with Crippen molar-refractivity contribution < 1.29 is 19.7 Å². The Balaban J connectivity index is 0.000000471. The van der Waals surface area contributed by atoms with Crippen molar-refractivity contribution in [1.29, 1.82) is 0 Å². The molecule has 4 heterocycles. The van der Waals surface area contributed by atoms with Crippen LogP contribution < -0.4 is 16.0 Å². The number of hydrogen-bond acceptors (Lipinski definition) is 8. The third-order valence-corrected chi connectivity index (χ3v) is 5.03. The van der Waals surface area contributed by atoms with E-state index in [0.29, 0.717) is 23.5 Å². The highest BCUT2D eigenvalue weighted by Gasteiger charge is 2.28. The summed E-state index contributed by atoms with van der Waals surface area (Å²) in [5, 5.41) is 17.7. The summed E-state index contributed by atoms with van der Waals surface area (Å²) >= 11 is 0. The van der Waals surface area contributed by atoms with E-state index in [2.05, 4.69) is 15.0 Å². The minimum atomic E-state index is -1.50. The number of aromatic amines is 1. The van der Waals surface area contributed by atoms with Crippen molar-refractivity contribution in [3.05, 3.63) is 59.3 Å². The largest absolute Gasteiger partial charge is 0.491 e. The lowest BCUT2D eigenvalue weighted by molar-refractivity contribution is -0.127. The van der Waals surface area contributed by atoms with Crippen LogP contribution in [-0.2, 0) is 4.74 Å². The van der Waals surface area contributed by atoms with Crippen molar-refractivity contribution in [2.24, 2.45) is 0 Å². The molecule has 2 atom stereocenters. The van der Waals surface area contributed by atoms with Crippen LogP contribution >= 0.6 is 0 Å². The first-order valence-electron chi connectivity index (χ1n) is 10.6. The van der Waals surface area contributed by atoms with Crippen molar-refractivity contribution in [2.75, 3.05) is 12.3 Å². The lowest BCUT2D eigenvalue weighted by Gasteiger charge is -2.16. The number of nitrogens with one attached hydrogen (secondary N) is 1. The molecule has 1 saturated heterocycles.